The topological polar surface area (TPSA) is 60.2 Å². The summed E-state index contributed by atoms with van der Waals surface area (Å²) in [5.41, 5.74) is 2.89. The van der Waals surface area contributed by atoms with E-state index in [1.54, 1.807) is 0 Å². The summed E-state index contributed by atoms with van der Waals surface area (Å²) in [6.07, 6.45) is 5.14. The number of aromatic nitrogens is 3. The number of ether oxygens (including phenoxy) is 1. The largest absolute Gasteiger partial charge is 0.494 e. The Labute approximate surface area is 171 Å². The molecule has 152 valence electrons. The van der Waals surface area contributed by atoms with Crippen LogP contribution in [0.4, 0.5) is 0 Å². The fraction of sp³-hybridized carbons (Fsp3) is 0.435. The van der Waals surface area contributed by atoms with Gasteiger partial charge in [-0.25, -0.2) is 9.97 Å². The van der Waals surface area contributed by atoms with Crippen LogP contribution < -0.4 is 4.74 Å². The van der Waals surface area contributed by atoms with Crippen LogP contribution in [0.5, 0.6) is 5.75 Å². The lowest BCUT2D eigenvalue weighted by Gasteiger charge is -2.19. The molecule has 3 heterocycles. The predicted molar refractivity (Wildman–Crippen MR) is 113 cm³/mol. The number of amides is 1. The minimum absolute atomic E-state index is 0.172. The van der Waals surface area contributed by atoms with Gasteiger partial charge in [-0.05, 0) is 49.6 Å². The van der Waals surface area contributed by atoms with E-state index in [1.165, 1.54) is 0 Å². The SMILES string of the molecule is CCCc1nc2cccnc2n1[C@H]1CCN(C(=O)Cc2ccc(OCC)cc2)C1. The molecule has 1 amide bonds. The van der Waals surface area contributed by atoms with Crippen LogP contribution in [0.15, 0.2) is 42.6 Å². The molecule has 4 rings (SSSR count). The monoisotopic (exact) mass is 392 g/mol. The molecule has 0 saturated carbocycles. The van der Waals surface area contributed by atoms with Crippen molar-refractivity contribution in [2.75, 3.05) is 19.7 Å². The van der Waals surface area contributed by atoms with Gasteiger partial charge in [0.1, 0.15) is 17.1 Å². The summed E-state index contributed by atoms with van der Waals surface area (Å²) >= 11 is 0. The van der Waals surface area contributed by atoms with Crippen LogP contribution in [0, 0.1) is 0 Å². The molecule has 1 fully saturated rings. The maximum absolute atomic E-state index is 12.9. The van der Waals surface area contributed by atoms with Crippen molar-refractivity contribution in [3.05, 3.63) is 54.0 Å². The van der Waals surface area contributed by atoms with E-state index in [0.717, 1.165) is 54.1 Å². The molecule has 6 heteroatoms. The Morgan fingerprint density at radius 1 is 1.21 bits per heavy atom. The molecule has 1 aliphatic heterocycles. The molecule has 3 aromatic rings. The summed E-state index contributed by atoms with van der Waals surface area (Å²) in [7, 11) is 0. The molecule has 0 N–H and O–H groups in total. The van der Waals surface area contributed by atoms with Gasteiger partial charge in [-0.1, -0.05) is 19.1 Å². The van der Waals surface area contributed by atoms with Crippen LogP contribution >= 0.6 is 0 Å². The van der Waals surface area contributed by atoms with E-state index < -0.39 is 0 Å². The highest BCUT2D eigenvalue weighted by molar-refractivity contribution is 5.79. The quantitative estimate of drug-likeness (QED) is 0.614. The van der Waals surface area contributed by atoms with Gasteiger partial charge >= 0.3 is 0 Å². The van der Waals surface area contributed by atoms with Gasteiger partial charge < -0.3 is 14.2 Å². The smallest absolute Gasteiger partial charge is 0.227 e. The van der Waals surface area contributed by atoms with E-state index in [1.807, 2.05) is 54.4 Å². The first-order valence-corrected chi connectivity index (χ1v) is 10.5. The number of fused-ring (bicyclic) bond motifs is 1. The van der Waals surface area contributed by atoms with E-state index in [-0.39, 0.29) is 11.9 Å². The number of rotatable bonds is 7. The highest BCUT2D eigenvalue weighted by Gasteiger charge is 2.30. The lowest BCUT2D eigenvalue weighted by atomic mass is 10.1. The molecule has 1 atom stereocenters. The molecular weight excluding hydrogens is 364 g/mol. The molecule has 6 nitrogen and oxygen atoms in total. The minimum atomic E-state index is 0.172. The second-order valence-electron chi connectivity index (χ2n) is 7.53. The number of imidazole rings is 1. The number of nitrogens with zero attached hydrogens (tertiary/aromatic N) is 4. The number of pyridine rings is 1. The molecule has 29 heavy (non-hydrogen) atoms. The van der Waals surface area contributed by atoms with Gasteiger partial charge in [0, 0.05) is 25.7 Å². The van der Waals surface area contributed by atoms with Crippen LogP contribution in [0.25, 0.3) is 11.2 Å². The highest BCUT2D eigenvalue weighted by Crippen LogP contribution is 2.28. The van der Waals surface area contributed by atoms with Crippen LogP contribution in [-0.4, -0.2) is 45.0 Å². The van der Waals surface area contributed by atoms with Gasteiger partial charge in [-0.15, -0.1) is 0 Å². The first kappa shape index (κ1) is 19.4. The van der Waals surface area contributed by atoms with E-state index >= 15 is 0 Å². The van der Waals surface area contributed by atoms with Gasteiger partial charge in [0.15, 0.2) is 5.65 Å². The first-order valence-electron chi connectivity index (χ1n) is 10.5. The van der Waals surface area contributed by atoms with Crippen molar-refractivity contribution in [1.82, 2.24) is 19.4 Å². The normalized spacial score (nSPS) is 16.5. The molecule has 0 bridgehead atoms. The van der Waals surface area contributed by atoms with Crippen molar-refractivity contribution in [3.63, 3.8) is 0 Å². The third-order valence-corrected chi connectivity index (χ3v) is 5.47. The van der Waals surface area contributed by atoms with Crippen LogP contribution in [0.1, 0.15) is 44.1 Å². The van der Waals surface area contributed by atoms with E-state index in [2.05, 4.69) is 16.5 Å². The van der Waals surface area contributed by atoms with Gasteiger partial charge in [0.05, 0.1) is 19.1 Å². The van der Waals surface area contributed by atoms with E-state index in [0.29, 0.717) is 19.6 Å². The Hall–Kier alpha value is -2.89. The zero-order valence-electron chi connectivity index (χ0n) is 17.2. The van der Waals surface area contributed by atoms with Crippen LogP contribution in [-0.2, 0) is 17.6 Å². The van der Waals surface area contributed by atoms with Gasteiger partial charge in [-0.3, -0.25) is 4.79 Å². The third kappa shape index (κ3) is 4.11. The average molecular weight is 393 g/mol. The zero-order chi connectivity index (χ0) is 20.2. The number of likely N-dealkylation sites (tertiary alicyclic amines) is 1. The van der Waals surface area contributed by atoms with Gasteiger partial charge in [0.2, 0.25) is 5.91 Å². The molecule has 1 aliphatic rings. The molecule has 0 radical (unpaired) electrons. The summed E-state index contributed by atoms with van der Waals surface area (Å²) in [6, 6.07) is 12.0. The zero-order valence-corrected chi connectivity index (χ0v) is 17.2. The van der Waals surface area contributed by atoms with Crippen LogP contribution in [0.3, 0.4) is 0 Å². The van der Waals surface area contributed by atoms with Crippen molar-refractivity contribution in [2.24, 2.45) is 0 Å². The molecule has 1 aromatic carbocycles. The lowest BCUT2D eigenvalue weighted by Crippen LogP contribution is -2.30. The number of aryl methyl sites for hydroxylation is 1. The Morgan fingerprint density at radius 3 is 2.79 bits per heavy atom. The Balaban J connectivity index is 1.47. The second kappa shape index (κ2) is 8.64. The Bertz CT molecular complexity index is 980. The van der Waals surface area contributed by atoms with Crippen molar-refractivity contribution < 1.29 is 9.53 Å². The fourth-order valence-corrected chi connectivity index (χ4v) is 4.10. The molecule has 0 aliphatic carbocycles. The molecular formula is C23H28N4O2. The Kier molecular flexibility index (Phi) is 5.79. The molecule has 1 saturated heterocycles. The fourth-order valence-electron chi connectivity index (χ4n) is 4.10. The van der Waals surface area contributed by atoms with Crippen LogP contribution in [0.2, 0.25) is 0 Å². The average Bonchev–Trinajstić information content (AvgIpc) is 3.34. The van der Waals surface area contributed by atoms with Crippen molar-refractivity contribution >= 4 is 17.1 Å². The summed E-state index contributed by atoms with van der Waals surface area (Å²) in [6.45, 7) is 6.27. The summed E-state index contributed by atoms with van der Waals surface area (Å²) in [4.78, 5) is 24.2. The number of benzene rings is 1. The molecule has 0 unspecified atom stereocenters. The predicted octanol–water partition coefficient (Wildman–Crippen LogP) is 3.80. The summed E-state index contributed by atoms with van der Waals surface area (Å²) < 4.78 is 7.74. The second-order valence-corrected chi connectivity index (χ2v) is 7.53. The summed E-state index contributed by atoms with van der Waals surface area (Å²) in [5, 5.41) is 0. The molecule has 0 spiro atoms. The van der Waals surface area contributed by atoms with Crippen molar-refractivity contribution in [1.29, 1.82) is 0 Å². The summed E-state index contributed by atoms with van der Waals surface area (Å²) in [5.74, 6) is 2.09. The maximum Gasteiger partial charge on any atom is 0.227 e. The van der Waals surface area contributed by atoms with Crippen molar-refractivity contribution in [2.45, 2.75) is 45.6 Å². The van der Waals surface area contributed by atoms with Crippen molar-refractivity contribution in [3.8, 4) is 5.75 Å². The lowest BCUT2D eigenvalue weighted by molar-refractivity contribution is -0.129. The first-order chi connectivity index (χ1) is 14.2. The van der Waals surface area contributed by atoms with Gasteiger partial charge in [-0.2, -0.15) is 0 Å². The Morgan fingerprint density at radius 2 is 2.03 bits per heavy atom. The number of hydrogen-bond donors (Lipinski definition) is 0. The number of hydrogen-bond acceptors (Lipinski definition) is 4. The minimum Gasteiger partial charge on any atom is -0.494 e. The number of carbonyl (C=O) groups is 1. The van der Waals surface area contributed by atoms with Gasteiger partial charge in [0.25, 0.3) is 0 Å². The standard InChI is InChI=1S/C23H28N4O2/c1-3-6-21-25-20-7-5-13-24-23(20)27(21)18-12-14-26(16-18)22(28)15-17-8-10-19(11-9-17)29-4-2/h5,7-11,13,18H,3-4,6,12,14-16H2,1-2H3/t18-/m0/s1. The maximum atomic E-state index is 12.9. The molecule has 2 aromatic heterocycles. The third-order valence-electron chi connectivity index (χ3n) is 5.47. The highest BCUT2D eigenvalue weighted by atomic mass is 16.5. The number of carbonyl (C=O) groups excluding carboxylic acids is 1. The van der Waals surface area contributed by atoms with E-state index in [9.17, 15) is 4.79 Å². The van der Waals surface area contributed by atoms with E-state index in [4.69, 9.17) is 9.72 Å².